The van der Waals surface area contributed by atoms with Crippen LogP contribution >= 0.6 is 0 Å². The van der Waals surface area contributed by atoms with E-state index in [1.807, 2.05) is 0 Å². The first-order valence-corrected chi connectivity index (χ1v) is 8.88. The number of aliphatic hydroxyl groups excluding tert-OH is 1. The number of hydrogen-bond acceptors (Lipinski definition) is 2. The lowest BCUT2D eigenvalue weighted by atomic mass is 9.60. The van der Waals surface area contributed by atoms with Gasteiger partial charge in [0, 0.05) is 0 Å². The molecule has 0 aliphatic heterocycles. The maximum absolute atomic E-state index is 10.9. The Morgan fingerprint density at radius 2 is 1.76 bits per heavy atom. The van der Waals surface area contributed by atoms with Gasteiger partial charge in [-0.25, -0.2) is 0 Å². The average molecular weight is 291 g/mol. The Bertz CT molecular complexity index is 381. The normalized spacial score (nSPS) is 39.5. The van der Waals surface area contributed by atoms with Crippen LogP contribution in [0.4, 0.5) is 0 Å². The van der Waals surface area contributed by atoms with E-state index in [-0.39, 0.29) is 0 Å². The third kappa shape index (κ3) is 3.62. The highest BCUT2D eigenvalue weighted by Gasteiger charge is 2.46. The zero-order valence-corrected chi connectivity index (χ0v) is 14.4. The SMILES string of the molecule is CC1CCCC(C(O)C2(C#N)CCC(C(C)(C)C)CC2)C1. The van der Waals surface area contributed by atoms with Gasteiger partial charge in [0.25, 0.3) is 0 Å². The highest BCUT2D eigenvalue weighted by atomic mass is 16.3. The molecule has 2 heteroatoms. The van der Waals surface area contributed by atoms with Gasteiger partial charge in [-0.15, -0.1) is 0 Å². The average Bonchev–Trinajstić information content (AvgIpc) is 2.45. The Labute approximate surface area is 130 Å². The van der Waals surface area contributed by atoms with E-state index in [9.17, 15) is 10.4 Å². The maximum Gasteiger partial charge on any atom is 0.0835 e. The molecule has 0 spiro atoms. The molecule has 0 saturated heterocycles. The van der Waals surface area contributed by atoms with Gasteiger partial charge in [0.1, 0.15) is 0 Å². The summed E-state index contributed by atoms with van der Waals surface area (Å²) in [6, 6.07) is 2.55. The van der Waals surface area contributed by atoms with E-state index in [4.69, 9.17) is 0 Å². The van der Waals surface area contributed by atoms with Crippen molar-refractivity contribution in [2.45, 2.75) is 85.2 Å². The van der Waals surface area contributed by atoms with Crippen LogP contribution < -0.4 is 0 Å². The molecule has 0 aromatic heterocycles. The molecule has 0 aromatic carbocycles. The van der Waals surface area contributed by atoms with Crippen molar-refractivity contribution in [2.75, 3.05) is 0 Å². The van der Waals surface area contributed by atoms with Crippen LogP contribution in [-0.4, -0.2) is 11.2 Å². The molecule has 2 aliphatic carbocycles. The van der Waals surface area contributed by atoms with Crippen molar-refractivity contribution in [3.05, 3.63) is 0 Å². The zero-order valence-electron chi connectivity index (χ0n) is 14.4. The van der Waals surface area contributed by atoms with Crippen molar-refractivity contribution >= 4 is 0 Å². The predicted octanol–water partition coefficient (Wildman–Crippen LogP) is 4.92. The van der Waals surface area contributed by atoms with Crippen LogP contribution in [0.3, 0.4) is 0 Å². The number of hydrogen-bond donors (Lipinski definition) is 1. The Balaban J connectivity index is 2.04. The van der Waals surface area contributed by atoms with Crippen molar-refractivity contribution in [1.82, 2.24) is 0 Å². The first-order valence-electron chi connectivity index (χ1n) is 8.88. The summed E-state index contributed by atoms with van der Waals surface area (Å²) >= 11 is 0. The molecule has 0 heterocycles. The number of nitriles is 1. The summed E-state index contributed by atoms with van der Waals surface area (Å²) in [5.41, 5.74) is -0.143. The second kappa shape index (κ2) is 6.29. The minimum absolute atomic E-state index is 0.325. The van der Waals surface area contributed by atoms with E-state index in [0.717, 1.165) is 38.5 Å². The molecular formula is C19H33NO. The number of aliphatic hydroxyl groups is 1. The Morgan fingerprint density at radius 1 is 1.14 bits per heavy atom. The highest BCUT2D eigenvalue weighted by Crippen LogP contribution is 2.49. The van der Waals surface area contributed by atoms with Gasteiger partial charge in [0.15, 0.2) is 0 Å². The zero-order chi connectivity index (χ0) is 15.7. The van der Waals surface area contributed by atoms with Crippen LogP contribution in [0.1, 0.15) is 79.1 Å². The van der Waals surface area contributed by atoms with E-state index >= 15 is 0 Å². The third-order valence-electron chi connectivity index (χ3n) is 6.31. The third-order valence-corrected chi connectivity index (χ3v) is 6.31. The van der Waals surface area contributed by atoms with E-state index in [1.165, 1.54) is 12.8 Å². The summed E-state index contributed by atoms with van der Waals surface area (Å²) in [7, 11) is 0. The van der Waals surface area contributed by atoms with Crippen LogP contribution in [0.2, 0.25) is 0 Å². The van der Waals surface area contributed by atoms with Gasteiger partial charge in [0.2, 0.25) is 0 Å². The summed E-state index contributed by atoms with van der Waals surface area (Å²) in [5, 5.41) is 20.7. The molecule has 2 saturated carbocycles. The van der Waals surface area contributed by atoms with Crippen molar-refractivity contribution in [2.24, 2.45) is 28.6 Å². The van der Waals surface area contributed by atoms with E-state index in [2.05, 4.69) is 33.8 Å². The Kier molecular flexibility index (Phi) is 5.03. The van der Waals surface area contributed by atoms with Crippen LogP contribution in [0.5, 0.6) is 0 Å². The second-order valence-corrected chi connectivity index (χ2v) is 8.88. The second-order valence-electron chi connectivity index (χ2n) is 8.88. The summed E-state index contributed by atoms with van der Waals surface area (Å²) in [6.07, 6.45) is 8.27. The molecule has 0 bridgehead atoms. The van der Waals surface area contributed by atoms with Crippen molar-refractivity contribution in [3.8, 4) is 6.07 Å². The van der Waals surface area contributed by atoms with Crippen molar-refractivity contribution in [3.63, 3.8) is 0 Å². The lowest BCUT2D eigenvalue weighted by molar-refractivity contribution is -0.0399. The molecule has 2 rings (SSSR count). The lowest BCUT2D eigenvalue weighted by Crippen LogP contribution is -2.44. The molecule has 2 aliphatic rings. The molecular weight excluding hydrogens is 258 g/mol. The molecule has 0 radical (unpaired) electrons. The van der Waals surface area contributed by atoms with Gasteiger partial charge >= 0.3 is 0 Å². The minimum Gasteiger partial charge on any atom is -0.391 e. The molecule has 21 heavy (non-hydrogen) atoms. The highest BCUT2D eigenvalue weighted by molar-refractivity contribution is 5.08. The molecule has 2 nitrogen and oxygen atoms in total. The van der Waals surface area contributed by atoms with Gasteiger partial charge in [-0.05, 0) is 61.7 Å². The molecule has 1 N–H and O–H groups in total. The topological polar surface area (TPSA) is 44.0 Å². The molecule has 3 unspecified atom stereocenters. The fraction of sp³-hybridized carbons (Fsp3) is 0.947. The summed E-state index contributed by atoms with van der Waals surface area (Å²) in [4.78, 5) is 0. The Hall–Kier alpha value is -0.550. The van der Waals surface area contributed by atoms with E-state index in [1.54, 1.807) is 0 Å². The van der Waals surface area contributed by atoms with Crippen LogP contribution in [-0.2, 0) is 0 Å². The largest absolute Gasteiger partial charge is 0.391 e. The molecule has 0 amide bonds. The minimum atomic E-state index is -0.469. The van der Waals surface area contributed by atoms with E-state index < -0.39 is 11.5 Å². The van der Waals surface area contributed by atoms with Crippen molar-refractivity contribution in [1.29, 1.82) is 5.26 Å². The van der Waals surface area contributed by atoms with Crippen LogP contribution in [0, 0.1) is 39.9 Å². The van der Waals surface area contributed by atoms with Gasteiger partial charge in [-0.2, -0.15) is 5.26 Å². The number of rotatable bonds is 2. The molecule has 2 fully saturated rings. The smallest absolute Gasteiger partial charge is 0.0835 e. The molecule has 120 valence electrons. The first-order chi connectivity index (χ1) is 9.78. The monoisotopic (exact) mass is 291 g/mol. The first kappa shape index (κ1) is 16.8. The Morgan fingerprint density at radius 3 is 2.24 bits per heavy atom. The van der Waals surface area contributed by atoms with Gasteiger partial charge in [0.05, 0.1) is 17.6 Å². The summed E-state index contributed by atoms with van der Waals surface area (Å²) in [5.74, 6) is 1.75. The van der Waals surface area contributed by atoms with Gasteiger partial charge in [-0.3, -0.25) is 0 Å². The van der Waals surface area contributed by atoms with Gasteiger partial charge < -0.3 is 5.11 Å². The van der Waals surface area contributed by atoms with Gasteiger partial charge in [-0.1, -0.05) is 40.5 Å². The summed E-state index contributed by atoms with van der Waals surface area (Å²) in [6.45, 7) is 9.19. The van der Waals surface area contributed by atoms with Crippen LogP contribution in [0.25, 0.3) is 0 Å². The fourth-order valence-corrected chi connectivity index (χ4v) is 4.69. The fourth-order valence-electron chi connectivity index (χ4n) is 4.69. The lowest BCUT2D eigenvalue weighted by Gasteiger charge is -2.45. The van der Waals surface area contributed by atoms with E-state index in [0.29, 0.717) is 23.2 Å². The predicted molar refractivity (Wildman–Crippen MR) is 86.6 cm³/mol. The maximum atomic E-state index is 10.9. The quantitative estimate of drug-likeness (QED) is 0.784. The standard InChI is InChI=1S/C19H33NO/c1-14-6-5-7-15(12-14)17(21)19(13-20)10-8-16(9-11-19)18(2,3)4/h14-17,21H,5-12H2,1-4H3. The number of nitrogens with zero attached hydrogens (tertiary/aromatic N) is 1. The molecule has 3 atom stereocenters. The molecule has 0 aromatic rings. The summed E-state index contributed by atoms with van der Waals surface area (Å²) < 4.78 is 0. The van der Waals surface area contributed by atoms with Crippen LogP contribution in [0.15, 0.2) is 0 Å². The van der Waals surface area contributed by atoms with Crippen molar-refractivity contribution < 1.29 is 5.11 Å².